The number of rotatable bonds is 3. The smallest absolute Gasteiger partial charge is 0.310 e. The zero-order valence-electron chi connectivity index (χ0n) is 9.03. The van der Waals surface area contributed by atoms with Crippen LogP contribution in [0.15, 0.2) is 28.9 Å². The van der Waals surface area contributed by atoms with Gasteiger partial charge in [-0.1, -0.05) is 12.1 Å². The predicted octanol–water partition coefficient (Wildman–Crippen LogP) is 2.12. The number of ether oxygens (including phenoxy) is 1. The van der Waals surface area contributed by atoms with Crippen molar-refractivity contribution in [1.29, 1.82) is 0 Å². The highest BCUT2D eigenvalue weighted by molar-refractivity contribution is 5.92. The van der Waals surface area contributed by atoms with Gasteiger partial charge in [-0.3, -0.25) is 4.79 Å². The van der Waals surface area contributed by atoms with Crippen molar-refractivity contribution < 1.29 is 13.9 Å². The minimum Gasteiger partial charge on any atom is -0.466 e. The summed E-state index contributed by atoms with van der Waals surface area (Å²) in [7, 11) is 0. The lowest BCUT2D eigenvalue weighted by molar-refractivity contribution is -0.142. The number of para-hydroxylation sites is 1. The van der Waals surface area contributed by atoms with Crippen molar-refractivity contribution >= 4 is 22.6 Å². The lowest BCUT2D eigenvalue weighted by Crippen LogP contribution is -2.06. The van der Waals surface area contributed by atoms with E-state index in [4.69, 9.17) is 14.9 Å². The molecule has 0 atom stereocenters. The Bertz CT molecular complexity index is 516. The molecule has 84 valence electrons. The molecule has 2 N–H and O–H groups in total. The van der Waals surface area contributed by atoms with E-state index in [9.17, 15) is 4.79 Å². The molecular weight excluding hydrogens is 206 g/mol. The summed E-state index contributed by atoms with van der Waals surface area (Å²) in [5.41, 5.74) is 7.76. The van der Waals surface area contributed by atoms with Crippen molar-refractivity contribution in [3.63, 3.8) is 0 Å². The van der Waals surface area contributed by atoms with Crippen molar-refractivity contribution in [3.05, 3.63) is 30.0 Å². The highest BCUT2D eigenvalue weighted by atomic mass is 16.5. The maximum Gasteiger partial charge on any atom is 0.310 e. The average Bonchev–Trinajstić information content (AvgIpc) is 2.64. The van der Waals surface area contributed by atoms with Gasteiger partial charge in [-0.05, 0) is 13.0 Å². The summed E-state index contributed by atoms with van der Waals surface area (Å²) in [5.74, 6) is -0.257. The molecule has 0 saturated carbocycles. The number of esters is 1. The third-order valence-corrected chi connectivity index (χ3v) is 2.35. The van der Waals surface area contributed by atoms with Crippen LogP contribution in [-0.4, -0.2) is 12.6 Å². The van der Waals surface area contributed by atoms with E-state index in [0.29, 0.717) is 17.9 Å². The summed E-state index contributed by atoms with van der Waals surface area (Å²) in [6, 6.07) is 5.48. The van der Waals surface area contributed by atoms with Crippen LogP contribution in [0.1, 0.15) is 12.5 Å². The second-order valence-corrected chi connectivity index (χ2v) is 3.47. The molecule has 0 fully saturated rings. The molecule has 0 saturated heterocycles. The first-order valence-corrected chi connectivity index (χ1v) is 5.12. The Morgan fingerprint density at radius 3 is 3.06 bits per heavy atom. The first-order chi connectivity index (χ1) is 7.72. The first kappa shape index (κ1) is 10.5. The Hall–Kier alpha value is -1.97. The molecule has 1 aromatic carbocycles. The molecule has 16 heavy (non-hydrogen) atoms. The lowest BCUT2D eigenvalue weighted by Gasteiger charge is -1.99. The molecule has 0 aliphatic rings. The maximum absolute atomic E-state index is 11.3. The van der Waals surface area contributed by atoms with Gasteiger partial charge >= 0.3 is 5.97 Å². The maximum atomic E-state index is 11.3. The summed E-state index contributed by atoms with van der Waals surface area (Å²) in [6.07, 6.45) is 1.77. The number of nitrogens with two attached hydrogens (primary N) is 1. The fraction of sp³-hybridized carbons (Fsp3) is 0.250. The Morgan fingerprint density at radius 1 is 1.50 bits per heavy atom. The van der Waals surface area contributed by atoms with Gasteiger partial charge in [0.1, 0.15) is 0 Å². The van der Waals surface area contributed by atoms with Crippen molar-refractivity contribution in [2.75, 3.05) is 12.3 Å². The molecule has 1 heterocycles. The van der Waals surface area contributed by atoms with E-state index in [1.54, 1.807) is 19.3 Å². The fourth-order valence-corrected chi connectivity index (χ4v) is 1.64. The van der Waals surface area contributed by atoms with E-state index in [-0.39, 0.29) is 12.4 Å². The van der Waals surface area contributed by atoms with Gasteiger partial charge in [0.2, 0.25) is 0 Å². The fourth-order valence-electron chi connectivity index (χ4n) is 1.64. The van der Waals surface area contributed by atoms with Gasteiger partial charge in [-0.2, -0.15) is 0 Å². The molecular formula is C12H13NO3. The molecule has 1 aromatic heterocycles. The SMILES string of the molecule is CCOC(=O)Cc1coc2c(N)cccc12. The van der Waals surface area contributed by atoms with Crippen LogP contribution >= 0.6 is 0 Å². The standard InChI is InChI=1S/C12H13NO3/c1-2-15-11(14)6-8-7-16-12-9(8)4-3-5-10(12)13/h3-5,7H,2,6,13H2,1H3. The molecule has 0 aliphatic carbocycles. The normalized spacial score (nSPS) is 10.6. The summed E-state index contributed by atoms with van der Waals surface area (Å²) >= 11 is 0. The number of carbonyl (C=O) groups is 1. The number of fused-ring (bicyclic) bond motifs is 1. The highest BCUT2D eigenvalue weighted by Crippen LogP contribution is 2.26. The summed E-state index contributed by atoms with van der Waals surface area (Å²) < 4.78 is 10.2. The molecule has 0 radical (unpaired) electrons. The number of anilines is 1. The summed E-state index contributed by atoms with van der Waals surface area (Å²) in [6.45, 7) is 2.17. The predicted molar refractivity (Wildman–Crippen MR) is 61.0 cm³/mol. The molecule has 2 rings (SSSR count). The van der Waals surface area contributed by atoms with Gasteiger partial charge in [0.15, 0.2) is 5.58 Å². The van der Waals surface area contributed by atoms with Crippen LogP contribution in [0.2, 0.25) is 0 Å². The van der Waals surface area contributed by atoms with Crippen LogP contribution in [0, 0.1) is 0 Å². The van der Waals surface area contributed by atoms with Gasteiger partial charge in [-0.25, -0.2) is 0 Å². The van der Waals surface area contributed by atoms with E-state index < -0.39 is 0 Å². The second kappa shape index (κ2) is 4.26. The summed E-state index contributed by atoms with van der Waals surface area (Å²) in [4.78, 5) is 11.3. The number of hydrogen-bond donors (Lipinski definition) is 1. The molecule has 0 bridgehead atoms. The van der Waals surface area contributed by atoms with Crippen LogP contribution in [0.3, 0.4) is 0 Å². The largest absolute Gasteiger partial charge is 0.466 e. The Kier molecular flexibility index (Phi) is 2.81. The summed E-state index contributed by atoms with van der Waals surface area (Å²) in [5, 5.41) is 0.869. The Labute approximate surface area is 93.0 Å². The minimum atomic E-state index is -0.257. The van der Waals surface area contributed by atoms with Gasteiger partial charge in [0, 0.05) is 10.9 Å². The van der Waals surface area contributed by atoms with Crippen molar-refractivity contribution in [2.24, 2.45) is 0 Å². The topological polar surface area (TPSA) is 65.5 Å². The monoisotopic (exact) mass is 219 g/mol. The van der Waals surface area contributed by atoms with Crippen LogP contribution in [0.4, 0.5) is 5.69 Å². The number of furan rings is 1. The number of carbonyl (C=O) groups excluding carboxylic acids is 1. The third-order valence-electron chi connectivity index (χ3n) is 2.35. The van der Waals surface area contributed by atoms with Crippen LogP contribution in [0.5, 0.6) is 0 Å². The molecule has 0 amide bonds. The van der Waals surface area contributed by atoms with E-state index in [1.807, 2.05) is 12.1 Å². The molecule has 2 aromatic rings. The van der Waals surface area contributed by atoms with Gasteiger partial charge in [0.05, 0.1) is 25.0 Å². The van der Waals surface area contributed by atoms with E-state index in [0.717, 1.165) is 10.9 Å². The number of benzene rings is 1. The van der Waals surface area contributed by atoms with E-state index in [1.165, 1.54) is 0 Å². The van der Waals surface area contributed by atoms with Crippen LogP contribution in [0.25, 0.3) is 11.0 Å². The Balaban J connectivity index is 2.32. The van der Waals surface area contributed by atoms with Gasteiger partial charge in [0.25, 0.3) is 0 Å². The van der Waals surface area contributed by atoms with Crippen molar-refractivity contribution in [2.45, 2.75) is 13.3 Å². The third kappa shape index (κ3) is 1.86. The minimum absolute atomic E-state index is 0.213. The number of nitrogen functional groups attached to an aromatic ring is 1. The Morgan fingerprint density at radius 2 is 2.31 bits per heavy atom. The molecule has 0 unspecified atom stereocenters. The number of hydrogen-bond acceptors (Lipinski definition) is 4. The highest BCUT2D eigenvalue weighted by Gasteiger charge is 2.12. The van der Waals surface area contributed by atoms with Crippen molar-refractivity contribution in [1.82, 2.24) is 0 Å². The van der Waals surface area contributed by atoms with E-state index >= 15 is 0 Å². The zero-order valence-corrected chi connectivity index (χ0v) is 9.03. The van der Waals surface area contributed by atoms with Gasteiger partial charge in [-0.15, -0.1) is 0 Å². The second-order valence-electron chi connectivity index (χ2n) is 3.47. The zero-order chi connectivity index (χ0) is 11.5. The average molecular weight is 219 g/mol. The lowest BCUT2D eigenvalue weighted by atomic mass is 10.1. The van der Waals surface area contributed by atoms with Crippen LogP contribution in [-0.2, 0) is 16.0 Å². The molecule has 0 spiro atoms. The molecule has 4 nitrogen and oxygen atoms in total. The van der Waals surface area contributed by atoms with Gasteiger partial charge < -0.3 is 14.9 Å². The van der Waals surface area contributed by atoms with Crippen LogP contribution < -0.4 is 5.73 Å². The molecule has 0 aliphatic heterocycles. The quantitative estimate of drug-likeness (QED) is 0.634. The van der Waals surface area contributed by atoms with Crippen molar-refractivity contribution in [3.8, 4) is 0 Å². The molecule has 4 heteroatoms. The first-order valence-electron chi connectivity index (χ1n) is 5.12. The van der Waals surface area contributed by atoms with E-state index in [2.05, 4.69) is 0 Å².